The van der Waals surface area contributed by atoms with Crippen LogP contribution in [0.1, 0.15) is 36.1 Å². The summed E-state index contributed by atoms with van der Waals surface area (Å²) in [6, 6.07) is 6.24. The molecular formula is C13H14N2O3. The minimum atomic E-state index is -0.167. The van der Waals surface area contributed by atoms with Gasteiger partial charge in [0, 0.05) is 6.07 Å². The first kappa shape index (κ1) is 12.3. The van der Waals surface area contributed by atoms with Gasteiger partial charge in [-0.1, -0.05) is 0 Å². The summed E-state index contributed by atoms with van der Waals surface area (Å²) in [6.07, 6.45) is 1.58. The van der Waals surface area contributed by atoms with Crippen molar-refractivity contribution in [3.8, 4) is 0 Å². The van der Waals surface area contributed by atoms with Crippen molar-refractivity contribution in [3.63, 3.8) is 0 Å². The average Bonchev–Trinajstić information content (AvgIpc) is 2.85. The molecule has 0 amide bonds. The molecule has 5 nitrogen and oxygen atoms in total. The number of nitrogens with zero attached hydrogens (tertiary/aromatic N) is 2. The molecule has 0 atom stereocenters. The van der Waals surface area contributed by atoms with Crippen LogP contribution in [-0.4, -0.2) is 15.6 Å². The molecule has 5 heteroatoms. The van der Waals surface area contributed by atoms with E-state index in [2.05, 4.69) is 5.10 Å². The molecule has 18 heavy (non-hydrogen) atoms. The zero-order valence-electron chi connectivity index (χ0n) is 10.3. The van der Waals surface area contributed by atoms with E-state index < -0.39 is 0 Å². The lowest BCUT2D eigenvalue weighted by molar-refractivity contribution is 0.0964. The van der Waals surface area contributed by atoms with E-state index in [1.807, 2.05) is 13.8 Å². The summed E-state index contributed by atoms with van der Waals surface area (Å²) in [6.45, 7) is 3.74. The van der Waals surface area contributed by atoms with Gasteiger partial charge in [0.25, 0.3) is 5.56 Å². The summed E-state index contributed by atoms with van der Waals surface area (Å²) >= 11 is 0. The van der Waals surface area contributed by atoms with Crippen molar-refractivity contribution in [2.45, 2.75) is 26.3 Å². The summed E-state index contributed by atoms with van der Waals surface area (Å²) < 4.78 is 6.39. The van der Waals surface area contributed by atoms with E-state index in [9.17, 15) is 9.59 Å². The van der Waals surface area contributed by atoms with Crippen LogP contribution in [0.3, 0.4) is 0 Å². The zero-order valence-corrected chi connectivity index (χ0v) is 10.3. The van der Waals surface area contributed by atoms with Gasteiger partial charge in [0.1, 0.15) is 0 Å². The number of hydrogen-bond donors (Lipinski definition) is 0. The monoisotopic (exact) mass is 246 g/mol. The molecule has 0 N–H and O–H groups in total. The molecule has 0 aromatic carbocycles. The zero-order chi connectivity index (χ0) is 13.1. The van der Waals surface area contributed by atoms with Gasteiger partial charge in [0.15, 0.2) is 5.76 Å². The first-order chi connectivity index (χ1) is 8.58. The highest BCUT2D eigenvalue weighted by Gasteiger charge is 2.12. The summed E-state index contributed by atoms with van der Waals surface area (Å²) in [4.78, 5) is 23.3. The third-order valence-electron chi connectivity index (χ3n) is 2.51. The summed E-state index contributed by atoms with van der Waals surface area (Å²) in [7, 11) is 0. The highest BCUT2D eigenvalue weighted by molar-refractivity contribution is 5.94. The first-order valence-corrected chi connectivity index (χ1v) is 5.73. The lowest BCUT2D eigenvalue weighted by atomic mass is 10.2. The third-order valence-corrected chi connectivity index (χ3v) is 2.51. The number of furan rings is 1. The molecule has 2 rings (SSSR count). The van der Waals surface area contributed by atoms with Crippen LogP contribution in [0.15, 0.2) is 39.7 Å². The predicted molar refractivity (Wildman–Crippen MR) is 65.6 cm³/mol. The quantitative estimate of drug-likeness (QED) is 0.772. The van der Waals surface area contributed by atoms with Crippen LogP contribution in [-0.2, 0) is 6.42 Å². The standard InChI is InChI=1S/C13H14N2O3/c1-9(2)15-13(17)6-5-10(14-15)8-11(16)12-4-3-7-18-12/h3-7,9H,8H2,1-2H3. The predicted octanol–water partition coefficient (Wildman–Crippen LogP) is 1.84. The average molecular weight is 246 g/mol. The van der Waals surface area contributed by atoms with Crippen LogP contribution >= 0.6 is 0 Å². The third kappa shape index (κ3) is 2.56. The lowest BCUT2D eigenvalue weighted by Gasteiger charge is -2.09. The molecule has 0 aliphatic carbocycles. The minimum absolute atomic E-state index is 0.0313. The summed E-state index contributed by atoms with van der Waals surface area (Å²) in [5, 5.41) is 4.16. The molecule has 0 unspecified atom stereocenters. The number of Topliss-reactive ketones (excluding diaryl/α,β-unsaturated/α-hetero) is 1. The van der Waals surface area contributed by atoms with Gasteiger partial charge in [-0.3, -0.25) is 9.59 Å². The van der Waals surface area contributed by atoms with E-state index in [1.54, 1.807) is 18.2 Å². The molecule has 0 fully saturated rings. The molecule has 0 spiro atoms. The highest BCUT2D eigenvalue weighted by Crippen LogP contribution is 2.06. The second kappa shape index (κ2) is 5.00. The number of hydrogen-bond acceptors (Lipinski definition) is 4. The van der Waals surface area contributed by atoms with Gasteiger partial charge < -0.3 is 4.42 Å². The molecule has 0 radical (unpaired) electrons. The van der Waals surface area contributed by atoms with Crippen molar-refractivity contribution in [2.75, 3.05) is 0 Å². The van der Waals surface area contributed by atoms with Crippen LogP contribution in [0.5, 0.6) is 0 Å². The van der Waals surface area contributed by atoms with Gasteiger partial charge in [-0.2, -0.15) is 5.10 Å². The topological polar surface area (TPSA) is 65.1 Å². The van der Waals surface area contributed by atoms with Crippen LogP contribution < -0.4 is 5.56 Å². The largest absolute Gasteiger partial charge is 0.461 e. The fraction of sp³-hybridized carbons (Fsp3) is 0.308. The van der Waals surface area contributed by atoms with Crippen molar-refractivity contribution >= 4 is 5.78 Å². The molecule has 0 bridgehead atoms. The van der Waals surface area contributed by atoms with E-state index in [0.29, 0.717) is 11.5 Å². The number of carbonyl (C=O) groups excluding carboxylic acids is 1. The summed E-state index contributed by atoms with van der Waals surface area (Å²) in [5.74, 6) is 0.153. The SMILES string of the molecule is CC(C)n1nc(CC(=O)c2ccco2)ccc1=O. The maximum atomic E-state index is 11.8. The number of rotatable bonds is 4. The Labute approximate surface area is 104 Å². The van der Waals surface area contributed by atoms with Crippen molar-refractivity contribution in [3.05, 3.63) is 52.3 Å². The van der Waals surface area contributed by atoms with Crippen LogP contribution in [0.4, 0.5) is 0 Å². The molecule has 0 aliphatic heterocycles. The normalized spacial score (nSPS) is 10.8. The lowest BCUT2D eigenvalue weighted by Crippen LogP contribution is -2.25. The van der Waals surface area contributed by atoms with E-state index in [4.69, 9.17) is 4.42 Å². The van der Waals surface area contributed by atoms with Crippen molar-refractivity contribution in [1.82, 2.24) is 9.78 Å². The fourth-order valence-electron chi connectivity index (χ4n) is 1.62. The van der Waals surface area contributed by atoms with Crippen molar-refractivity contribution < 1.29 is 9.21 Å². The Hall–Kier alpha value is -2.17. The van der Waals surface area contributed by atoms with E-state index >= 15 is 0 Å². The van der Waals surface area contributed by atoms with Gasteiger partial charge in [-0.05, 0) is 32.0 Å². The number of ketones is 1. The Balaban J connectivity index is 2.22. The minimum Gasteiger partial charge on any atom is -0.461 e. The first-order valence-electron chi connectivity index (χ1n) is 5.73. The molecule has 0 aliphatic rings. The Morgan fingerprint density at radius 2 is 2.17 bits per heavy atom. The van der Waals surface area contributed by atoms with Crippen LogP contribution in [0, 0.1) is 0 Å². The second-order valence-electron chi connectivity index (χ2n) is 4.28. The maximum Gasteiger partial charge on any atom is 0.266 e. The highest BCUT2D eigenvalue weighted by atomic mass is 16.3. The fourth-order valence-corrected chi connectivity index (χ4v) is 1.62. The molecular weight excluding hydrogens is 232 g/mol. The van der Waals surface area contributed by atoms with Crippen LogP contribution in [0.25, 0.3) is 0 Å². The molecule has 0 saturated heterocycles. The number of carbonyl (C=O) groups is 1. The van der Waals surface area contributed by atoms with Gasteiger partial charge in [0.05, 0.1) is 24.4 Å². The van der Waals surface area contributed by atoms with Gasteiger partial charge >= 0.3 is 0 Å². The second-order valence-corrected chi connectivity index (χ2v) is 4.28. The van der Waals surface area contributed by atoms with Crippen molar-refractivity contribution in [2.24, 2.45) is 0 Å². The van der Waals surface area contributed by atoms with Gasteiger partial charge in [-0.25, -0.2) is 4.68 Å². The van der Waals surface area contributed by atoms with Gasteiger partial charge in [0.2, 0.25) is 5.78 Å². The van der Waals surface area contributed by atoms with Crippen LogP contribution in [0.2, 0.25) is 0 Å². The molecule has 2 aromatic heterocycles. The maximum absolute atomic E-state index is 11.8. The van der Waals surface area contributed by atoms with E-state index in [0.717, 1.165) is 0 Å². The van der Waals surface area contributed by atoms with Gasteiger partial charge in [-0.15, -0.1) is 0 Å². The van der Waals surface area contributed by atoms with E-state index in [1.165, 1.54) is 17.0 Å². The Kier molecular flexibility index (Phi) is 3.41. The molecule has 2 aromatic rings. The molecule has 0 saturated carbocycles. The Morgan fingerprint density at radius 1 is 1.39 bits per heavy atom. The Morgan fingerprint density at radius 3 is 2.78 bits per heavy atom. The van der Waals surface area contributed by atoms with Crippen molar-refractivity contribution in [1.29, 1.82) is 0 Å². The summed E-state index contributed by atoms with van der Waals surface area (Å²) in [5.41, 5.74) is 0.392. The number of aromatic nitrogens is 2. The molecule has 2 heterocycles. The Bertz CT molecular complexity index is 597. The smallest absolute Gasteiger partial charge is 0.266 e. The molecule has 94 valence electrons. The van der Waals surface area contributed by atoms with E-state index in [-0.39, 0.29) is 23.8 Å².